The highest BCUT2D eigenvalue weighted by atomic mass is 32.2. The van der Waals surface area contributed by atoms with Crippen molar-refractivity contribution in [1.29, 1.82) is 0 Å². The number of anilines is 1. The zero-order chi connectivity index (χ0) is 17.3. The summed E-state index contributed by atoms with van der Waals surface area (Å²) >= 11 is 0. The molecule has 2 rings (SSSR count). The number of aliphatic hydroxyl groups is 1. The second-order valence-corrected chi connectivity index (χ2v) is 7.72. The molecule has 0 unspecified atom stereocenters. The van der Waals surface area contributed by atoms with Crippen molar-refractivity contribution in [1.82, 2.24) is 4.98 Å². The van der Waals surface area contributed by atoms with E-state index in [-0.39, 0.29) is 11.7 Å². The highest BCUT2D eigenvalue weighted by molar-refractivity contribution is 7.89. The van der Waals surface area contributed by atoms with Crippen LogP contribution in [0, 0.1) is 16.0 Å². The number of hydrogen-bond acceptors (Lipinski definition) is 7. The van der Waals surface area contributed by atoms with E-state index in [1.807, 2.05) is 0 Å². The molecule has 1 aromatic rings. The van der Waals surface area contributed by atoms with Crippen LogP contribution in [0.3, 0.4) is 0 Å². The van der Waals surface area contributed by atoms with Gasteiger partial charge >= 0.3 is 5.69 Å². The van der Waals surface area contributed by atoms with Crippen molar-refractivity contribution < 1.29 is 18.4 Å². The summed E-state index contributed by atoms with van der Waals surface area (Å²) in [5.41, 5.74) is -1.07. The Balaban J connectivity index is 2.09. The number of nitrogens with two attached hydrogens (primary N) is 1. The minimum Gasteiger partial charge on any atom is -0.390 e. The topological polar surface area (TPSA) is 148 Å². The summed E-state index contributed by atoms with van der Waals surface area (Å²) in [6.07, 6.45) is 3.97. The average molecular weight is 344 g/mol. The molecule has 0 bridgehead atoms. The lowest BCUT2D eigenvalue weighted by molar-refractivity contribution is -0.384. The Hall–Kier alpha value is -1.78. The first-order chi connectivity index (χ1) is 10.6. The molecule has 0 aliphatic heterocycles. The second-order valence-electron chi connectivity index (χ2n) is 6.16. The molecule has 128 valence electrons. The normalized spacial score (nSPS) is 25.1. The van der Waals surface area contributed by atoms with Crippen LogP contribution in [0.25, 0.3) is 0 Å². The van der Waals surface area contributed by atoms with Crippen LogP contribution in [0.5, 0.6) is 0 Å². The zero-order valence-electron chi connectivity index (χ0n) is 12.7. The number of pyridine rings is 1. The van der Waals surface area contributed by atoms with Crippen LogP contribution in [-0.4, -0.2) is 35.6 Å². The van der Waals surface area contributed by atoms with Crippen molar-refractivity contribution in [3.63, 3.8) is 0 Å². The first-order valence-corrected chi connectivity index (χ1v) is 8.77. The predicted molar refractivity (Wildman–Crippen MR) is 83.3 cm³/mol. The summed E-state index contributed by atoms with van der Waals surface area (Å²) in [5, 5.41) is 28.9. The van der Waals surface area contributed by atoms with E-state index in [2.05, 4.69) is 10.3 Å². The Morgan fingerprint density at radius 2 is 2.13 bits per heavy atom. The number of nitrogens with zero attached hydrogens (tertiary/aromatic N) is 2. The lowest BCUT2D eigenvalue weighted by Crippen LogP contribution is -2.32. The van der Waals surface area contributed by atoms with E-state index in [1.54, 1.807) is 6.92 Å². The third-order valence-corrected chi connectivity index (χ3v) is 4.99. The molecule has 1 aromatic heterocycles. The van der Waals surface area contributed by atoms with Crippen molar-refractivity contribution in [3.8, 4) is 0 Å². The van der Waals surface area contributed by atoms with Crippen molar-refractivity contribution in [3.05, 3.63) is 22.4 Å². The molecule has 1 saturated carbocycles. The molecule has 0 radical (unpaired) electrons. The van der Waals surface area contributed by atoms with Gasteiger partial charge in [0.2, 0.25) is 15.8 Å². The third kappa shape index (κ3) is 4.60. The fraction of sp³-hybridized carbons (Fsp3) is 0.615. The predicted octanol–water partition coefficient (Wildman–Crippen LogP) is 0.990. The first kappa shape index (κ1) is 17.6. The van der Waals surface area contributed by atoms with Crippen LogP contribution >= 0.6 is 0 Å². The second kappa shape index (κ2) is 6.38. The van der Waals surface area contributed by atoms with E-state index in [0.29, 0.717) is 19.4 Å². The minimum atomic E-state index is -4.05. The summed E-state index contributed by atoms with van der Waals surface area (Å²) in [5.74, 6) is 0.286. The number of nitro groups is 1. The smallest absolute Gasteiger partial charge is 0.312 e. The van der Waals surface area contributed by atoms with Crippen LogP contribution < -0.4 is 10.5 Å². The third-order valence-electron chi connectivity index (χ3n) is 4.11. The van der Waals surface area contributed by atoms with Crippen LogP contribution in [0.2, 0.25) is 0 Å². The fourth-order valence-corrected chi connectivity index (χ4v) is 3.09. The summed E-state index contributed by atoms with van der Waals surface area (Å²) < 4.78 is 22.5. The van der Waals surface area contributed by atoms with Gasteiger partial charge in [-0.1, -0.05) is 0 Å². The van der Waals surface area contributed by atoms with Crippen LogP contribution in [0.15, 0.2) is 17.2 Å². The molecular formula is C13H20N4O5S. The Morgan fingerprint density at radius 3 is 2.65 bits per heavy atom. The molecule has 10 heteroatoms. The van der Waals surface area contributed by atoms with Gasteiger partial charge in [-0.25, -0.2) is 18.5 Å². The number of sulfonamides is 1. The van der Waals surface area contributed by atoms with Gasteiger partial charge in [0.15, 0.2) is 0 Å². The van der Waals surface area contributed by atoms with Gasteiger partial charge in [0.1, 0.15) is 4.90 Å². The Morgan fingerprint density at radius 1 is 1.52 bits per heavy atom. The van der Waals surface area contributed by atoms with Crippen molar-refractivity contribution in [2.75, 3.05) is 11.9 Å². The number of rotatable bonds is 5. The number of nitrogens with one attached hydrogen (secondary N) is 1. The van der Waals surface area contributed by atoms with E-state index in [0.717, 1.165) is 25.1 Å². The van der Waals surface area contributed by atoms with Crippen LogP contribution in [-0.2, 0) is 10.0 Å². The Bertz CT molecular complexity index is 694. The zero-order valence-corrected chi connectivity index (χ0v) is 13.5. The van der Waals surface area contributed by atoms with Gasteiger partial charge in [0, 0.05) is 18.8 Å². The summed E-state index contributed by atoms with van der Waals surface area (Å²) in [6.45, 7) is 2.27. The van der Waals surface area contributed by atoms with E-state index in [1.165, 1.54) is 0 Å². The van der Waals surface area contributed by atoms with E-state index >= 15 is 0 Å². The number of hydrogen-bond donors (Lipinski definition) is 3. The molecule has 0 spiro atoms. The lowest BCUT2D eigenvalue weighted by atomic mass is 9.80. The molecule has 23 heavy (non-hydrogen) atoms. The molecule has 1 aliphatic rings. The average Bonchev–Trinajstić information content (AvgIpc) is 2.45. The van der Waals surface area contributed by atoms with Gasteiger partial charge < -0.3 is 10.4 Å². The monoisotopic (exact) mass is 344 g/mol. The SMILES string of the molecule is CC1(O)CCC(CNc2ncc(S(N)(=O)=O)cc2[N+](=O)[O-])CC1. The molecule has 1 aliphatic carbocycles. The van der Waals surface area contributed by atoms with Gasteiger partial charge in [-0.2, -0.15) is 0 Å². The molecule has 0 saturated heterocycles. The maximum atomic E-state index is 11.3. The number of aromatic nitrogens is 1. The van der Waals surface area contributed by atoms with Crippen molar-refractivity contribution in [2.45, 2.75) is 43.1 Å². The number of primary sulfonamides is 1. The van der Waals surface area contributed by atoms with Gasteiger partial charge in [0.25, 0.3) is 0 Å². The fourth-order valence-electron chi connectivity index (χ4n) is 2.61. The molecule has 0 aromatic carbocycles. The largest absolute Gasteiger partial charge is 0.390 e. The molecular weight excluding hydrogens is 324 g/mol. The van der Waals surface area contributed by atoms with Gasteiger partial charge in [-0.05, 0) is 38.5 Å². The maximum absolute atomic E-state index is 11.3. The first-order valence-electron chi connectivity index (χ1n) is 7.22. The van der Waals surface area contributed by atoms with Gasteiger partial charge in [-0.15, -0.1) is 0 Å². The summed E-state index contributed by atoms with van der Waals surface area (Å²) in [4.78, 5) is 13.8. The quantitative estimate of drug-likeness (QED) is 0.532. The highest BCUT2D eigenvalue weighted by Crippen LogP contribution is 2.32. The van der Waals surface area contributed by atoms with E-state index in [4.69, 9.17) is 5.14 Å². The molecule has 4 N–H and O–H groups in total. The molecule has 0 amide bonds. The van der Waals surface area contributed by atoms with Crippen molar-refractivity contribution in [2.24, 2.45) is 11.1 Å². The Labute approximate surface area is 134 Å². The molecule has 9 nitrogen and oxygen atoms in total. The maximum Gasteiger partial charge on any atom is 0.312 e. The standard InChI is InChI=1S/C13H20N4O5S/c1-13(18)4-2-9(3-5-13)7-15-12-11(17(19)20)6-10(8-16-12)23(14,21)22/h6,8-9,18H,2-5,7H2,1H3,(H,15,16)(H2,14,21,22). The van der Waals surface area contributed by atoms with E-state index in [9.17, 15) is 23.6 Å². The van der Waals surface area contributed by atoms with E-state index < -0.39 is 31.1 Å². The van der Waals surface area contributed by atoms with Crippen molar-refractivity contribution >= 4 is 21.5 Å². The molecule has 1 fully saturated rings. The Kier molecular flexibility index (Phi) is 4.87. The molecule has 1 heterocycles. The minimum absolute atomic E-state index is 0.0136. The van der Waals surface area contributed by atoms with Crippen LogP contribution in [0.1, 0.15) is 32.6 Å². The van der Waals surface area contributed by atoms with Gasteiger partial charge in [-0.3, -0.25) is 10.1 Å². The molecule has 0 atom stereocenters. The highest BCUT2D eigenvalue weighted by Gasteiger charge is 2.29. The van der Waals surface area contributed by atoms with Gasteiger partial charge in [0.05, 0.1) is 10.5 Å². The lowest BCUT2D eigenvalue weighted by Gasteiger charge is -2.33. The van der Waals surface area contributed by atoms with Crippen LogP contribution in [0.4, 0.5) is 11.5 Å². The summed E-state index contributed by atoms with van der Waals surface area (Å²) in [6, 6.07) is 0.899. The summed E-state index contributed by atoms with van der Waals surface area (Å²) in [7, 11) is -4.05.